The van der Waals surface area contributed by atoms with Gasteiger partial charge in [-0.3, -0.25) is 9.59 Å². The van der Waals surface area contributed by atoms with Crippen LogP contribution in [0.25, 0.3) is 0 Å². The molecule has 0 spiro atoms. The molecule has 0 aromatic heterocycles. The van der Waals surface area contributed by atoms with Gasteiger partial charge in [0.05, 0.1) is 17.8 Å². The van der Waals surface area contributed by atoms with Gasteiger partial charge in [0.2, 0.25) is 5.91 Å². The topological polar surface area (TPSA) is 116 Å². The third kappa shape index (κ3) is 2.44. The molecule has 1 saturated heterocycles. The Kier molecular flexibility index (Phi) is 3.38. The molecule has 1 fully saturated rings. The van der Waals surface area contributed by atoms with Gasteiger partial charge in [-0.1, -0.05) is 0 Å². The van der Waals surface area contributed by atoms with E-state index < -0.39 is 17.9 Å². The summed E-state index contributed by atoms with van der Waals surface area (Å²) in [5.41, 5.74) is -0.0149. The van der Waals surface area contributed by atoms with Crippen molar-refractivity contribution in [2.24, 2.45) is 0 Å². The molecular weight excluding hydrogens is 266 g/mol. The molecule has 0 unspecified atom stereocenters. The van der Waals surface area contributed by atoms with E-state index in [1.54, 1.807) is 0 Å². The molecule has 0 saturated carbocycles. The number of anilines is 2. The lowest BCUT2D eigenvalue weighted by atomic mass is 10.1. The number of rotatable bonds is 3. The summed E-state index contributed by atoms with van der Waals surface area (Å²) in [7, 11) is 0. The second-order valence-electron chi connectivity index (χ2n) is 4.11. The van der Waals surface area contributed by atoms with Crippen molar-refractivity contribution in [3.8, 4) is 0 Å². The number of carboxylic acids is 1. The fraction of sp³-hybridized carbons (Fsp3) is 0.167. The van der Waals surface area contributed by atoms with Crippen molar-refractivity contribution in [1.29, 1.82) is 0 Å². The zero-order chi connectivity index (χ0) is 14.9. The maximum absolute atomic E-state index is 11.6. The van der Waals surface area contributed by atoms with E-state index >= 15 is 0 Å². The highest BCUT2D eigenvalue weighted by Crippen LogP contribution is 2.26. The van der Waals surface area contributed by atoms with Crippen LogP contribution in [0.2, 0.25) is 0 Å². The maximum atomic E-state index is 11.6. The van der Waals surface area contributed by atoms with Crippen molar-refractivity contribution in [1.82, 2.24) is 5.32 Å². The summed E-state index contributed by atoms with van der Waals surface area (Å²) in [4.78, 5) is 46.1. The molecule has 1 aliphatic rings. The molecule has 8 heteroatoms. The molecule has 1 heterocycles. The van der Waals surface area contributed by atoms with Crippen LogP contribution in [0.5, 0.6) is 0 Å². The molecule has 20 heavy (non-hydrogen) atoms. The average molecular weight is 277 g/mol. The summed E-state index contributed by atoms with van der Waals surface area (Å²) in [5.74, 6) is -2.20. The molecule has 1 aromatic carbocycles. The lowest BCUT2D eigenvalue weighted by molar-refractivity contribution is -0.116. The van der Waals surface area contributed by atoms with Gasteiger partial charge in [-0.2, -0.15) is 0 Å². The first kappa shape index (κ1) is 13.5. The first-order chi connectivity index (χ1) is 9.40. The zero-order valence-corrected chi connectivity index (χ0v) is 10.5. The van der Waals surface area contributed by atoms with E-state index in [1.165, 1.54) is 25.1 Å². The summed E-state index contributed by atoms with van der Waals surface area (Å²) < 4.78 is 0. The van der Waals surface area contributed by atoms with E-state index in [0.717, 1.165) is 4.90 Å². The van der Waals surface area contributed by atoms with E-state index in [9.17, 15) is 24.3 Å². The predicted molar refractivity (Wildman–Crippen MR) is 68.6 cm³/mol. The molecule has 1 aliphatic heterocycles. The number of amides is 4. The highest BCUT2D eigenvalue weighted by atomic mass is 16.4. The third-order valence-electron chi connectivity index (χ3n) is 2.63. The quantitative estimate of drug-likeness (QED) is 0.691. The van der Waals surface area contributed by atoms with Crippen LogP contribution in [0.1, 0.15) is 17.3 Å². The molecule has 8 nitrogen and oxygen atoms in total. The van der Waals surface area contributed by atoms with Crippen molar-refractivity contribution >= 4 is 35.2 Å². The van der Waals surface area contributed by atoms with Crippen molar-refractivity contribution in [2.45, 2.75) is 6.92 Å². The molecule has 2 rings (SSSR count). The van der Waals surface area contributed by atoms with Crippen LogP contribution in [0, 0.1) is 0 Å². The van der Waals surface area contributed by atoms with Crippen molar-refractivity contribution < 1.29 is 24.3 Å². The van der Waals surface area contributed by atoms with Gasteiger partial charge in [-0.25, -0.2) is 14.5 Å². The van der Waals surface area contributed by atoms with E-state index in [4.69, 9.17) is 0 Å². The number of carbonyl (C=O) groups excluding carboxylic acids is 3. The van der Waals surface area contributed by atoms with Crippen LogP contribution >= 0.6 is 0 Å². The highest BCUT2D eigenvalue weighted by Gasteiger charge is 2.32. The minimum absolute atomic E-state index is 0.0356. The van der Waals surface area contributed by atoms with Crippen LogP contribution in [0.3, 0.4) is 0 Å². The largest absolute Gasteiger partial charge is 0.478 e. The monoisotopic (exact) mass is 277 g/mol. The normalized spacial score (nSPS) is 14.2. The Labute approximate surface area is 113 Å². The van der Waals surface area contributed by atoms with Gasteiger partial charge in [0.25, 0.3) is 5.91 Å². The van der Waals surface area contributed by atoms with E-state index in [1.807, 2.05) is 0 Å². The number of nitrogens with zero attached hydrogens (tertiary/aromatic N) is 1. The van der Waals surface area contributed by atoms with Crippen LogP contribution < -0.4 is 15.5 Å². The fourth-order valence-electron chi connectivity index (χ4n) is 1.85. The molecule has 4 amide bonds. The Bertz CT molecular complexity index is 610. The average Bonchev–Trinajstić information content (AvgIpc) is 2.68. The SMILES string of the molecule is CC(=O)Nc1ccc(N2C(=O)CNC2=O)c(C(=O)O)c1. The van der Waals surface area contributed by atoms with E-state index in [2.05, 4.69) is 10.6 Å². The standard InChI is InChI=1S/C12H11N3O5/c1-6(16)14-7-2-3-9(8(4-7)11(18)19)15-10(17)5-13-12(15)20/h2-4H,5H2,1H3,(H,13,20)(H,14,16)(H,18,19). The zero-order valence-electron chi connectivity index (χ0n) is 10.5. The van der Waals surface area contributed by atoms with Crippen LogP contribution in [0.15, 0.2) is 18.2 Å². The Morgan fingerprint density at radius 3 is 2.55 bits per heavy atom. The summed E-state index contributed by atoms with van der Waals surface area (Å²) in [6, 6.07) is 3.24. The molecular formula is C12H11N3O5. The van der Waals surface area contributed by atoms with Gasteiger partial charge >= 0.3 is 12.0 Å². The smallest absolute Gasteiger partial charge is 0.337 e. The summed E-state index contributed by atoms with van der Waals surface area (Å²) in [6.45, 7) is 1.11. The second kappa shape index (κ2) is 5.00. The molecule has 104 valence electrons. The first-order valence-electron chi connectivity index (χ1n) is 5.66. The third-order valence-corrected chi connectivity index (χ3v) is 2.63. The Morgan fingerprint density at radius 2 is 2.05 bits per heavy atom. The highest BCUT2D eigenvalue weighted by molar-refractivity contribution is 6.22. The molecule has 3 N–H and O–H groups in total. The number of urea groups is 1. The number of imide groups is 1. The number of hydrogen-bond acceptors (Lipinski definition) is 4. The summed E-state index contributed by atoms with van der Waals surface area (Å²) >= 11 is 0. The summed E-state index contributed by atoms with van der Waals surface area (Å²) in [6.07, 6.45) is 0. The summed E-state index contributed by atoms with van der Waals surface area (Å²) in [5, 5.41) is 13.9. The van der Waals surface area contributed by atoms with E-state index in [0.29, 0.717) is 0 Å². The van der Waals surface area contributed by atoms with Gasteiger partial charge in [0.1, 0.15) is 0 Å². The van der Waals surface area contributed by atoms with Crippen molar-refractivity contribution in [3.63, 3.8) is 0 Å². The van der Waals surface area contributed by atoms with Crippen molar-refractivity contribution in [2.75, 3.05) is 16.8 Å². The Morgan fingerprint density at radius 1 is 1.35 bits per heavy atom. The molecule has 0 aliphatic carbocycles. The maximum Gasteiger partial charge on any atom is 0.337 e. The van der Waals surface area contributed by atoms with Crippen LogP contribution in [-0.4, -0.2) is 35.5 Å². The van der Waals surface area contributed by atoms with Gasteiger partial charge < -0.3 is 15.7 Å². The predicted octanol–water partition coefficient (Wildman–Crippen LogP) is 0.399. The van der Waals surface area contributed by atoms with Gasteiger partial charge in [-0.15, -0.1) is 0 Å². The van der Waals surface area contributed by atoms with Crippen LogP contribution in [0.4, 0.5) is 16.2 Å². The molecule has 0 radical (unpaired) electrons. The Balaban J connectivity index is 2.48. The molecule has 0 bridgehead atoms. The first-order valence-corrected chi connectivity index (χ1v) is 5.66. The minimum atomic E-state index is -1.31. The molecule has 1 aromatic rings. The minimum Gasteiger partial charge on any atom is -0.478 e. The Hall–Kier alpha value is -2.90. The lowest BCUT2D eigenvalue weighted by Gasteiger charge is -2.16. The number of carbonyl (C=O) groups is 4. The number of aromatic carboxylic acids is 1. The van der Waals surface area contributed by atoms with Crippen LogP contribution in [-0.2, 0) is 9.59 Å². The molecule has 0 atom stereocenters. The fourth-order valence-corrected chi connectivity index (χ4v) is 1.85. The van der Waals surface area contributed by atoms with Crippen molar-refractivity contribution in [3.05, 3.63) is 23.8 Å². The lowest BCUT2D eigenvalue weighted by Crippen LogP contribution is -2.32. The van der Waals surface area contributed by atoms with Gasteiger partial charge in [0.15, 0.2) is 0 Å². The number of nitrogens with one attached hydrogen (secondary N) is 2. The van der Waals surface area contributed by atoms with Gasteiger partial charge in [-0.05, 0) is 18.2 Å². The number of carboxylic acid groups (broad SMARTS) is 1. The number of hydrogen-bond donors (Lipinski definition) is 3. The second-order valence-corrected chi connectivity index (χ2v) is 4.11. The van der Waals surface area contributed by atoms with Gasteiger partial charge in [0, 0.05) is 12.6 Å². The van der Waals surface area contributed by atoms with E-state index in [-0.39, 0.29) is 29.4 Å². The number of benzene rings is 1.